The number of furan rings is 1. The molecule has 1 N–H and O–H groups in total. The zero-order valence-corrected chi connectivity index (χ0v) is 11.3. The van der Waals surface area contributed by atoms with Crippen molar-refractivity contribution < 1.29 is 13.9 Å². The normalized spacial score (nSPS) is 10.6. The molecule has 0 aromatic carbocycles. The van der Waals surface area contributed by atoms with E-state index >= 15 is 0 Å². The van der Waals surface area contributed by atoms with E-state index in [4.69, 9.17) is 9.15 Å². The number of aromatic nitrogens is 1. The lowest BCUT2D eigenvalue weighted by atomic mass is 10.2. The first kappa shape index (κ1) is 12.8. The Labute approximate surface area is 109 Å². The van der Waals surface area contributed by atoms with Crippen molar-refractivity contribution in [3.63, 3.8) is 0 Å². The van der Waals surface area contributed by atoms with Crippen LogP contribution >= 0.6 is 11.3 Å². The Morgan fingerprint density at radius 2 is 2.33 bits per heavy atom. The Hall–Kier alpha value is -1.66. The zero-order chi connectivity index (χ0) is 13.1. The molecule has 0 aliphatic heterocycles. The van der Waals surface area contributed by atoms with E-state index in [9.17, 15) is 4.79 Å². The number of hydrogen-bond donors (Lipinski definition) is 1. The van der Waals surface area contributed by atoms with Gasteiger partial charge in [-0.05, 0) is 19.9 Å². The van der Waals surface area contributed by atoms with E-state index in [0.717, 1.165) is 22.8 Å². The molecule has 0 spiro atoms. The molecule has 0 unspecified atom stereocenters. The molecule has 2 aromatic heterocycles. The van der Waals surface area contributed by atoms with Gasteiger partial charge in [-0.1, -0.05) is 0 Å². The first-order valence-corrected chi connectivity index (χ1v) is 6.30. The molecule has 0 saturated carbocycles. The van der Waals surface area contributed by atoms with Crippen LogP contribution in [-0.2, 0) is 9.53 Å². The average Bonchev–Trinajstić information content (AvgIpc) is 2.85. The second-order valence-electron chi connectivity index (χ2n) is 3.85. The lowest BCUT2D eigenvalue weighted by molar-refractivity contribution is -0.119. The fourth-order valence-electron chi connectivity index (χ4n) is 1.63. The average molecular weight is 266 g/mol. The number of anilines is 1. The molecule has 0 radical (unpaired) electrons. The van der Waals surface area contributed by atoms with Gasteiger partial charge in [0.2, 0.25) is 0 Å². The van der Waals surface area contributed by atoms with Crippen molar-refractivity contribution in [1.82, 2.24) is 4.98 Å². The molecule has 0 fully saturated rings. The number of carbonyl (C=O) groups is 1. The predicted molar refractivity (Wildman–Crippen MR) is 69.8 cm³/mol. The number of amides is 1. The Morgan fingerprint density at radius 1 is 1.56 bits per heavy atom. The van der Waals surface area contributed by atoms with Crippen molar-refractivity contribution in [2.24, 2.45) is 0 Å². The summed E-state index contributed by atoms with van der Waals surface area (Å²) < 4.78 is 10.2. The molecule has 18 heavy (non-hydrogen) atoms. The van der Waals surface area contributed by atoms with E-state index in [2.05, 4.69) is 10.3 Å². The summed E-state index contributed by atoms with van der Waals surface area (Å²) in [6, 6.07) is 1.94. The molecular formula is C12H14N2O3S. The molecule has 2 rings (SSSR count). The third kappa shape index (κ3) is 2.77. The lowest BCUT2D eigenvalue weighted by Crippen LogP contribution is -2.16. The van der Waals surface area contributed by atoms with Crippen LogP contribution in [0, 0.1) is 13.8 Å². The number of aryl methyl sites for hydroxylation is 2. The number of ether oxygens (including phenoxy) is 1. The van der Waals surface area contributed by atoms with Crippen molar-refractivity contribution >= 4 is 22.4 Å². The van der Waals surface area contributed by atoms with E-state index in [0.29, 0.717) is 5.13 Å². The summed E-state index contributed by atoms with van der Waals surface area (Å²) in [6.07, 6.45) is 0. The van der Waals surface area contributed by atoms with Gasteiger partial charge < -0.3 is 9.15 Å². The Bertz CT molecular complexity index is 559. The number of thiazole rings is 1. The lowest BCUT2D eigenvalue weighted by Gasteiger charge is -1.98. The highest BCUT2D eigenvalue weighted by Gasteiger charge is 2.12. The maximum Gasteiger partial charge on any atom is 0.252 e. The van der Waals surface area contributed by atoms with Crippen LogP contribution in [0.15, 0.2) is 15.9 Å². The van der Waals surface area contributed by atoms with Gasteiger partial charge in [-0.3, -0.25) is 10.1 Å². The van der Waals surface area contributed by atoms with E-state index < -0.39 is 0 Å². The van der Waals surface area contributed by atoms with Crippen LogP contribution in [0.3, 0.4) is 0 Å². The van der Waals surface area contributed by atoms with E-state index in [-0.39, 0.29) is 12.5 Å². The highest BCUT2D eigenvalue weighted by atomic mass is 32.1. The van der Waals surface area contributed by atoms with Gasteiger partial charge >= 0.3 is 0 Å². The van der Waals surface area contributed by atoms with Crippen molar-refractivity contribution in [3.8, 4) is 11.3 Å². The smallest absolute Gasteiger partial charge is 0.252 e. The first-order chi connectivity index (χ1) is 8.60. The Kier molecular flexibility index (Phi) is 3.78. The third-order valence-electron chi connectivity index (χ3n) is 2.34. The molecule has 0 aliphatic rings. The second-order valence-corrected chi connectivity index (χ2v) is 4.70. The molecule has 1 amide bonds. The van der Waals surface area contributed by atoms with Gasteiger partial charge in [-0.15, -0.1) is 11.3 Å². The van der Waals surface area contributed by atoms with Crippen LogP contribution in [0.1, 0.15) is 11.5 Å². The van der Waals surface area contributed by atoms with Crippen LogP contribution in [0.25, 0.3) is 11.3 Å². The van der Waals surface area contributed by atoms with Gasteiger partial charge in [-0.25, -0.2) is 4.98 Å². The first-order valence-electron chi connectivity index (χ1n) is 5.42. The maximum absolute atomic E-state index is 11.3. The minimum atomic E-state index is -0.210. The van der Waals surface area contributed by atoms with E-state index in [1.54, 1.807) is 0 Å². The van der Waals surface area contributed by atoms with Gasteiger partial charge in [0.15, 0.2) is 5.13 Å². The Morgan fingerprint density at radius 3 is 2.94 bits per heavy atom. The predicted octanol–water partition coefficient (Wildman–Crippen LogP) is 2.60. The molecule has 2 aromatic rings. The quantitative estimate of drug-likeness (QED) is 0.923. The van der Waals surface area contributed by atoms with Gasteiger partial charge in [0, 0.05) is 18.1 Å². The Balaban J connectivity index is 2.15. The second kappa shape index (κ2) is 5.32. The monoisotopic (exact) mass is 266 g/mol. The van der Waals surface area contributed by atoms with Crippen LogP contribution < -0.4 is 5.32 Å². The van der Waals surface area contributed by atoms with Crippen molar-refractivity contribution in [1.29, 1.82) is 0 Å². The number of hydrogen-bond acceptors (Lipinski definition) is 5. The van der Waals surface area contributed by atoms with Crippen LogP contribution in [0.5, 0.6) is 0 Å². The fourth-order valence-corrected chi connectivity index (χ4v) is 2.35. The number of nitrogens with zero attached hydrogens (tertiary/aromatic N) is 1. The van der Waals surface area contributed by atoms with Gasteiger partial charge in [0.1, 0.15) is 18.1 Å². The molecule has 0 bridgehead atoms. The standard InChI is InChI=1S/C12H14N2O3S/c1-7-4-9(8(2)17-7)10-6-18-12(13-10)14-11(15)5-16-3/h4,6H,5H2,1-3H3,(H,13,14,15). The molecule has 2 heterocycles. The zero-order valence-electron chi connectivity index (χ0n) is 10.4. The molecule has 0 aliphatic carbocycles. The highest BCUT2D eigenvalue weighted by molar-refractivity contribution is 7.14. The van der Waals surface area contributed by atoms with Crippen LogP contribution in [0.4, 0.5) is 5.13 Å². The maximum atomic E-state index is 11.3. The summed E-state index contributed by atoms with van der Waals surface area (Å²) in [4.78, 5) is 15.7. The van der Waals surface area contributed by atoms with E-state index in [1.165, 1.54) is 18.4 Å². The molecule has 0 atom stereocenters. The van der Waals surface area contributed by atoms with Crippen LogP contribution in [-0.4, -0.2) is 24.6 Å². The summed E-state index contributed by atoms with van der Waals surface area (Å²) in [6.45, 7) is 3.81. The topological polar surface area (TPSA) is 64.4 Å². The number of carbonyl (C=O) groups excluding carboxylic acids is 1. The molecule has 96 valence electrons. The summed E-state index contributed by atoms with van der Waals surface area (Å²) in [5.41, 5.74) is 1.76. The molecular weight excluding hydrogens is 252 g/mol. The molecule has 0 saturated heterocycles. The summed E-state index contributed by atoms with van der Waals surface area (Å²) >= 11 is 1.38. The van der Waals surface area contributed by atoms with E-state index in [1.807, 2.05) is 25.3 Å². The van der Waals surface area contributed by atoms with Gasteiger partial charge in [0.25, 0.3) is 5.91 Å². The largest absolute Gasteiger partial charge is 0.466 e. The number of rotatable bonds is 4. The SMILES string of the molecule is COCC(=O)Nc1nc(-c2cc(C)oc2C)cs1. The summed E-state index contributed by atoms with van der Waals surface area (Å²) in [7, 11) is 1.48. The third-order valence-corrected chi connectivity index (χ3v) is 3.10. The minimum Gasteiger partial charge on any atom is -0.466 e. The molecule has 6 heteroatoms. The van der Waals surface area contributed by atoms with Gasteiger partial charge in [0.05, 0.1) is 5.69 Å². The van der Waals surface area contributed by atoms with Crippen molar-refractivity contribution in [2.45, 2.75) is 13.8 Å². The fraction of sp³-hybridized carbons (Fsp3) is 0.333. The number of nitrogens with one attached hydrogen (secondary N) is 1. The summed E-state index contributed by atoms with van der Waals surface area (Å²) in [5.74, 6) is 1.46. The van der Waals surface area contributed by atoms with Crippen molar-refractivity contribution in [3.05, 3.63) is 23.0 Å². The molecule has 5 nitrogen and oxygen atoms in total. The van der Waals surface area contributed by atoms with Gasteiger partial charge in [-0.2, -0.15) is 0 Å². The highest BCUT2D eigenvalue weighted by Crippen LogP contribution is 2.29. The van der Waals surface area contributed by atoms with Crippen LogP contribution in [0.2, 0.25) is 0 Å². The van der Waals surface area contributed by atoms with Crippen molar-refractivity contribution in [2.75, 3.05) is 19.0 Å². The number of methoxy groups -OCH3 is 1. The summed E-state index contributed by atoms with van der Waals surface area (Å²) in [5, 5.41) is 5.12. The minimum absolute atomic E-state index is 0.0265.